The Hall–Kier alpha value is -0.870. The summed E-state index contributed by atoms with van der Waals surface area (Å²) in [6.45, 7) is 6.24. The zero-order valence-electron chi connectivity index (χ0n) is 9.42. The van der Waals surface area contributed by atoms with Crippen LogP contribution in [0.3, 0.4) is 0 Å². The molecule has 0 saturated carbocycles. The van der Waals surface area contributed by atoms with Gasteiger partial charge in [-0.2, -0.15) is 0 Å². The summed E-state index contributed by atoms with van der Waals surface area (Å²) in [5.74, 6) is 1.68. The molecule has 4 heteroatoms. The van der Waals surface area contributed by atoms with Crippen molar-refractivity contribution in [2.75, 3.05) is 13.1 Å². The van der Waals surface area contributed by atoms with Crippen LogP contribution in [0, 0.1) is 6.92 Å². The van der Waals surface area contributed by atoms with E-state index in [4.69, 9.17) is 4.42 Å². The fraction of sp³-hybridized carbons (Fsp3) is 0.727. The van der Waals surface area contributed by atoms with E-state index in [0.717, 1.165) is 24.7 Å². The Morgan fingerprint density at radius 1 is 1.53 bits per heavy atom. The van der Waals surface area contributed by atoms with Crippen molar-refractivity contribution in [3.05, 3.63) is 17.8 Å². The van der Waals surface area contributed by atoms with Crippen LogP contribution in [0.5, 0.6) is 0 Å². The van der Waals surface area contributed by atoms with Crippen molar-refractivity contribution in [3.63, 3.8) is 0 Å². The lowest BCUT2D eigenvalue weighted by Crippen LogP contribution is -2.41. The molecule has 2 N–H and O–H groups in total. The second kappa shape index (κ2) is 4.77. The minimum Gasteiger partial charge on any atom is -0.444 e. The number of hydrogen-bond acceptors (Lipinski definition) is 4. The second-order valence-corrected chi connectivity index (χ2v) is 4.22. The quantitative estimate of drug-likeness (QED) is 0.789. The number of piperidine rings is 1. The molecular weight excluding hydrogens is 190 g/mol. The number of aryl methyl sites for hydroxylation is 1. The number of rotatable bonds is 3. The molecule has 1 aliphatic heterocycles. The summed E-state index contributed by atoms with van der Waals surface area (Å²) < 4.78 is 5.50. The number of oxazole rings is 1. The molecule has 2 rings (SSSR count). The predicted octanol–water partition coefficient (Wildman–Crippen LogP) is 1.39. The molecule has 0 spiro atoms. The number of nitrogens with zero attached hydrogens (tertiary/aromatic N) is 1. The van der Waals surface area contributed by atoms with Crippen molar-refractivity contribution >= 4 is 0 Å². The smallest absolute Gasteiger partial charge is 0.211 e. The third-order valence-corrected chi connectivity index (χ3v) is 2.83. The minimum absolute atomic E-state index is 0.210. The van der Waals surface area contributed by atoms with Gasteiger partial charge in [-0.3, -0.25) is 0 Å². The Morgan fingerprint density at radius 3 is 2.87 bits per heavy atom. The summed E-state index contributed by atoms with van der Waals surface area (Å²) in [5.41, 5.74) is 0. The van der Waals surface area contributed by atoms with Crippen molar-refractivity contribution in [2.24, 2.45) is 0 Å². The SMILES string of the molecule is Cc1cnc(C(C)NC2CCNCC2)o1. The van der Waals surface area contributed by atoms with Crippen LogP contribution in [-0.2, 0) is 0 Å². The van der Waals surface area contributed by atoms with Crippen molar-refractivity contribution in [1.29, 1.82) is 0 Å². The van der Waals surface area contributed by atoms with E-state index in [0.29, 0.717) is 6.04 Å². The van der Waals surface area contributed by atoms with Crippen molar-refractivity contribution in [2.45, 2.75) is 38.8 Å². The van der Waals surface area contributed by atoms with Crippen LogP contribution < -0.4 is 10.6 Å². The first-order valence-electron chi connectivity index (χ1n) is 5.65. The van der Waals surface area contributed by atoms with Gasteiger partial charge in [-0.15, -0.1) is 0 Å². The Balaban J connectivity index is 1.88. The molecule has 1 unspecified atom stereocenters. The first kappa shape index (κ1) is 10.6. The van der Waals surface area contributed by atoms with Crippen LogP contribution in [0.15, 0.2) is 10.6 Å². The summed E-state index contributed by atoms with van der Waals surface area (Å²) >= 11 is 0. The monoisotopic (exact) mass is 209 g/mol. The molecule has 0 radical (unpaired) electrons. The molecule has 1 saturated heterocycles. The molecule has 2 heterocycles. The highest BCUT2D eigenvalue weighted by Crippen LogP contribution is 2.14. The Kier molecular flexibility index (Phi) is 3.38. The van der Waals surface area contributed by atoms with Crippen LogP contribution in [0.25, 0.3) is 0 Å². The fourth-order valence-electron chi connectivity index (χ4n) is 1.99. The summed E-state index contributed by atoms with van der Waals surface area (Å²) in [4.78, 5) is 4.24. The highest BCUT2D eigenvalue weighted by atomic mass is 16.4. The van der Waals surface area contributed by atoms with Crippen LogP contribution in [0.4, 0.5) is 0 Å². The molecule has 0 bridgehead atoms. The van der Waals surface area contributed by atoms with Gasteiger partial charge in [0.25, 0.3) is 0 Å². The Bertz CT molecular complexity index is 305. The maximum atomic E-state index is 5.50. The largest absolute Gasteiger partial charge is 0.444 e. The highest BCUT2D eigenvalue weighted by Gasteiger charge is 2.18. The van der Waals surface area contributed by atoms with E-state index < -0.39 is 0 Å². The highest BCUT2D eigenvalue weighted by molar-refractivity contribution is 4.96. The molecule has 4 nitrogen and oxygen atoms in total. The first-order valence-corrected chi connectivity index (χ1v) is 5.65. The molecule has 15 heavy (non-hydrogen) atoms. The maximum absolute atomic E-state index is 5.50. The lowest BCUT2D eigenvalue weighted by atomic mass is 10.1. The number of hydrogen-bond donors (Lipinski definition) is 2. The predicted molar refractivity (Wildman–Crippen MR) is 58.7 cm³/mol. The van der Waals surface area contributed by atoms with Crippen LogP contribution in [0.2, 0.25) is 0 Å². The van der Waals surface area contributed by atoms with Crippen LogP contribution in [-0.4, -0.2) is 24.1 Å². The van der Waals surface area contributed by atoms with Gasteiger partial charge in [0.2, 0.25) is 5.89 Å². The second-order valence-electron chi connectivity index (χ2n) is 4.22. The molecule has 84 valence electrons. The zero-order chi connectivity index (χ0) is 10.7. The molecule has 0 aliphatic carbocycles. The average molecular weight is 209 g/mol. The van der Waals surface area contributed by atoms with E-state index in [9.17, 15) is 0 Å². The summed E-state index contributed by atoms with van der Waals surface area (Å²) in [7, 11) is 0. The summed E-state index contributed by atoms with van der Waals surface area (Å²) in [5, 5.41) is 6.90. The Labute approximate surface area is 90.5 Å². The van der Waals surface area contributed by atoms with Crippen molar-refractivity contribution in [1.82, 2.24) is 15.6 Å². The van der Waals surface area contributed by atoms with E-state index >= 15 is 0 Å². The summed E-state index contributed by atoms with van der Waals surface area (Å²) in [6.07, 6.45) is 4.14. The van der Waals surface area contributed by atoms with Gasteiger partial charge < -0.3 is 15.1 Å². The molecule has 1 atom stereocenters. The van der Waals surface area contributed by atoms with Gasteiger partial charge in [-0.05, 0) is 39.8 Å². The van der Waals surface area contributed by atoms with Gasteiger partial charge in [-0.1, -0.05) is 0 Å². The minimum atomic E-state index is 0.210. The van der Waals surface area contributed by atoms with E-state index in [1.165, 1.54) is 12.8 Å². The lowest BCUT2D eigenvalue weighted by molar-refractivity contribution is 0.323. The van der Waals surface area contributed by atoms with E-state index in [2.05, 4.69) is 22.5 Å². The van der Waals surface area contributed by atoms with E-state index in [-0.39, 0.29) is 6.04 Å². The molecule has 1 fully saturated rings. The number of nitrogens with one attached hydrogen (secondary N) is 2. The molecular formula is C11H19N3O. The molecule has 1 aromatic rings. The average Bonchev–Trinajstić information content (AvgIpc) is 2.66. The summed E-state index contributed by atoms with van der Waals surface area (Å²) in [6, 6.07) is 0.801. The molecule has 1 aliphatic rings. The normalized spacial score (nSPS) is 20.4. The third kappa shape index (κ3) is 2.79. The van der Waals surface area contributed by atoms with Gasteiger partial charge >= 0.3 is 0 Å². The topological polar surface area (TPSA) is 50.1 Å². The standard InChI is InChI=1S/C11H19N3O/c1-8-7-13-11(15-8)9(2)14-10-3-5-12-6-4-10/h7,9-10,12,14H,3-6H2,1-2H3. The van der Waals surface area contributed by atoms with Crippen LogP contribution in [0.1, 0.15) is 37.5 Å². The maximum Gasteiger partial charge on any atom is 0.211 e. The van der Waals surface area contributed by atoms with Crippen LogP contribution >= 0.6 is 0 Å². The first-order chi connectivity index (χ1) is 7.25. The van der Waals surface area contributed by atoms with Crippen molar-refractivity contribution < 1.29 is 4.42 Å². The van der Waals surface area contributed by atoms with Crippen molar-refractivity contribution in [3.8, 4) is 0 Å². The van der Waals surface area contributed by atoms with E-state index in [1.54, 1.807) is 6.20 Å². The van der Waals surface area contributed by atoms with Gasteiger partial charge in [0.05, 0.1) is 12.2 Å². The van der Waals surface area contributed by atoms with E-state index in [1.807, 2.05) is 6.92 Å². The third-order valence-electron chi connectivity index (χ3n) is 2.83. The van der Waals surface area contributed by atoms with Gasteiger partial charge in [-0.25, -0.2) is 4.98 Å². The molecule has 0 amide bonds. The van der Waals surface area contributed by atoms with Gasteiger partial charge in [0.1, 0.15) is 5.76 Å². The van der Waals surface area contributed by atoms with Gasteiger partial charge in [0, 0.05) is 6.04 Å². The molecule has 1 aromatic heterocycles. The van der Waals surface area contributed by atoms with Gasteiger partial charge in [0.15, 0.2) is 0 Å². The Morgan fingerprint density at radius 2 is 2.27 bits per heavy atom. The number of aromatic nitrogens is 1. The lowest BCUT2D eigenvalue weighted by Gasteiger charge is -2.25. The zero-order valence-corrected chi connectivity index (χ0v) is 9.42. The molecule has 0 aromatic carbocycles. The fourth-order valence-corrected chi connectivity index (χ4v) is 1.99.